The van der Waals surface area contributed by atoms with Crippen LogP contribution >= 0.6 is 0 Å². The van der Waals surface area contributed by atoms with Gasteiger partial charge in [-0.1, -0.05) is 60.7 Å². The zero-order chi connectivity index (χ0) is 29.4. The van der Waals surface area contributed by atoms with E-state index in [1.807, 2.05) is 48.3 Å². The Morgan fingerprint density at radius 3 is 2.44 bits per heavy atom. The number of nitriles is 1. The van der Waals surface area contributed by atoms with Crippen LogP contribution in [0.3, 0.4) is 0 Å². The number of hydrogen-bond donors (Lipinski definition) is 3. The predicted molar refractivity (Wildman–Crippen MR) is 157 cm³/mol. The number of benzene rings is 4. The zero-order valence-corrected chi connectivity index (χ0v) is 22.9. The van der Waals surface area contributed by atoms with E-state index in [0.717, 1.165) is 22.4 Å². The maximum Gasteiger partial charge on any atom is 0.343 e. The number of anilines is 1. The Morgan fingerprint density at radius 2 is 1.73 bits per heavy atom. The second kappa shape index (κ2) is 13.4. The van der Waals surface area contributed by atoms with Crippen LogP contribution in [-0.4, -0.2) is 41.8 Å². The monoisotopic (exact) mass is 549 g/mol. The molecule has 0 aromatic heterocycles. The van der Waals surface area contributed by atoms with Crippen LogP contribution in [-0.2, 0) is 17.9 Å². The van der Waals surface area contributed by atoms with E-state index in [1.165, 1.54) is 11.6 Å². The highest BCUT2D eigenvalue weighted by Gasteiger charge is 2.19. The lowest BCUT2D eigenvalue weighted by molar-refractivity contribution is -0.140. The third-order valence-electron chi connectivity index (χ3n) is 6.88. The normalized spacial score (nSPS) is 11.4. The van der Waals surface area contributed by atoms with E-state index in [9.17, 15) is 25.1 Å². The standard InChI is InChI=1S/C33H31N3O5/c1-22-27(12-7-13-29(22)24-9-4-3-5-10-24)20-36(2)28-15-14-26(19-35-30(21-37)32(38)39)31(17-28)41-33(40)25-11-6-8-23(16-25)18-34/h3-17,30,35,37H,19-21H2,1-2H3,(H,38,39)/t30-/m1/s1. The number of carboxylic acid groups (broad SMARTS) is 1. The van der Waals surface area contributed by atoms with Crippen LogP contribution in [0.4, 0.5) is 5.69 Å². The first-order chi connectivity index (χ1) is 19.8. The van der Waals surface area contributed by atoms with Crippen molar-refractivity contribution < 1.29 is 24.5 Å². The molecule has 4 aromatic rings. The van der Waals surface area contributed by atoms with E-state index >= 15 is 0 Å². The maximum absolute atomic E-state index is 13.0. The molecule has 4 rings (SSSR count). The Hall–Kier alpha value is -4.97. The fourth-order valence-corrected chi connectivity index (χ4v) is 4.49. The van der Waals surface area contributed by atoms with E-state index in [4.69, 9.17) is 4.74 Å². The molecular formula is C33H31N3O5. The molecule has 0 amide bonds. The van der Waals surface area contributed by atoms with E-state index in [-0.39, 0.29) is 17.9 Å². The largest absolute Gasteiger partial charge is 0.480 e. The number of rotatable bonds is 11. The van der Waals surface area contributed by atoms with Crippen LogP contribution in [0, 0.1) is 18.3 Å². The Labute approximate surface area is 239 Å². The number of aliphatic hydroxyl groups excluding tert-OH is 1. The Kier molecular flexibility index (Phi) is 9.48. The minimum atomic E-state index is -1.19. The van der Waals surface area contributed by atoms with Gasteiger partial charge in [-0.25, -0.2) is 4.79 Å². The summed E-state index contributed by atoms with van der Waals surface area (Å²) < 4.78 is 5.77. The van der Waals surface area contributed by atoms with Crippen LogP contribution in [0.25, 0.3) is 11.1 Å². The molecule has 0 saturated heterocycles. The molecule has 4 aromatic carbocycles. The summed E-state index contributed by atoms with van der Waals surface area (Å²) in [5, 5.41) is 30.7. The topological polar surface area (TPSA) is 123 Å². The number of aliphatic carboxylic acids is 1. The third kappa shape index (κ3) is 7.17. The third-order valence-corrected chi connectivity index (χ3v) is 6.88. The van der Waals surface area contributed by atoms with Crippen molar-refractivity contribution in [2.24, 2.45) is 0 Å². The molecule has 3 N–H and O–H groups in total. The molecule has 0 heterocycles. The quantitative estimate of drug-likeness (QED) is 0.178. The number of aliphatic hydroxyl groups is 1. The first kappa shape index (κ1) is 29.0. The summed E-state index contributed by atoms with van der Waals surface area (Å²) >= 11 is 0. The van der Waals surface area contributed by atoms with Crippen LogP contribution in [0.5, 0.6) is 5.75 Å². The Bertz CT molecular complexity index is 1580. The van der Waals surface area contributed by atoms with Crippen LogP contribution in [0.2, 0.25) is 0 Å². The molecule has 0 unspecified atom stereocenters. The van der Waals surface area contributed by atoms with Gasteiger partial charge in [-0.3, -0.25) is 10.1 Å². The van der Waals surface area contributed by atoms with Gasteiger partial charge in [0.15, 0.2) is 0 Å². The van der Waals surface area contributed by atoms with E-state index in [0.29, 0.717) is 17.7 Å². The smallest absolute Gasteiger partial charge is 0.343 e. The Morgan fingerprint density at radius 1 is 0.976 bits per heavy atom. The molecule has 41 heavy (non-hydrogen) atoms. The van der Waals surface area contributed by atoms with E-state index in [2.05, 4.69) is 36.5 Å². The van der Waals surface area contributed by atoms with Gasteiger partial charge in [-0.2, -0.15) is 5.26 Å². The predicted octanol–water partition coefficient (Wildman–Crippen LogP) is 4.92. The maximum atomic E-state index is 13.0. The zero-order valence-electron chi connectivity index (χ0n) is 22.9. The van der Waals surface area contributed by atoms with Gasteiger partial charge in [0.1, 0.15) is 11.8 Å². The van der Waals surface area contributed by atoms with Crippen molar-refractivity contribution in [3.05, 3.63) is 119 Å². The van der Waals surface area contributed by atoms with Gasteiger partial charge >= 0.3 is 11.9 Å². The second-order valence-electron chi connectivity index (χ2n) is 9.64. The molecule has 0 saturated carbocycles. The number of nitrogens with zero attached hydrogens (tertiary/aromatic N) is 2. The number of ether oxygens (including phenoxy) is 1. The number of carboxylic acids is 1. The van der Waals surface area contributed by atoms with Gasteiger partial charge in [-0.15, -0.1) is 0 Å². The van der Waals surface area contributed by atoms with Gasteiger partial charge in [-0.05, 0) is 53.4 Å². The van der Waals surface area contributed by atoms with Crippen LogP contribution < -0.4 is 15.0 Å². The van der Waals surface area contributed by atoms with Crippen molar-refractivity contribution in [2.45, 2.75) is 26.1 Å². The molecule has 0 fully saturated rings. The molecular weight excluding hydrogens is 518 g/mol. The molecule has 8 heteroatoms. The second-order valence-corrected chi connectivity index (χ2v) is 9.64. The molecule has 0 bridgehead atoms. The SMILES string of the molecule is Cc1c(CN(C)c2ccc(CN[C@H](CO)C(=O)O)c(OC(=O)c3cccc(C#N)c3)c2)cccc1-c1ccccc1. The molecule has 0 aliphatic carbocycles. The highest BCUT2D eigenvalue weighted by Crippen LogP contribution is 2.30. The summed E-state index contributed by atoms with van der Waals surface area (Å²) in [6.07, 6.45) is 0. The lowest BCUT2D eigenvalue weighted by Crippen LogP contribution is -2.39. The summed E-state index contributed by atoms with van der Waals surface area (Å²) in [7, 11) is 1.94. The molecule has 0 spiro atoms. The number of carbonyl (C=O) groups excluding carboxylic acids is 1. The molecule has 208 valence electrons. The summed E-state index contributed by atoms with van der Waals surface area (Å²) in [6, 6.07) is 28.8. The Balaban J connectivity index is 1.62. The average molecular weight is 550 g/mol. The summed E-state index contributed by atoms with van der Waals surface area (Å²) in [5.74, 6) is -1.60. The van der Waals surface area contributed by atoms with Gasteiger partial charge < -0.3 is 19.8 Å². The van der Waals surface area contributed by atoms with Gasteiger partial charge in [0.05, 0.1) is 23.8 Å². The van der Waals surface area contributed by atoms with Crippen molar-refractivity contribution in [1.29, 1.82) is 5.26 Å². The molecule has 1 atom stereocenters. The summed E-state index contributed by atoms with van der Waals surface area (Å²) in [5.41, 5.74) is 6.46. The van der Waals surface area contributed by atoms with Gasteiger partial charge in [0.25, 0.3) is 0 Å². The number of hydrogen-bond acceptors (Lipinski definition) is 7. The summed E-state index contributed by atoms with van der Waals surface area (Å²) in [6.45, 7) is 2.14. The minimum Gasteiger partial charge on any atom is -0.480 e. The van der Waals surface area contributed by atoms with Gasteiger partial charge in [0.2, 0.25) is 0 Å². The molecule has 0 aliphatic heterocycles. The first-order valence-electron chi connectivity index (χ1n) is 13.1. The summed E-state index contributed by atoms with van der Waals surface area (Å²) in [4.78, 5) is 26.4. The minimum absolute atomic E-state index is 0.0423. The van der Waals surface area contributed by atoms with Crippen molar-refractivity contribution in [3.8, 4) is 22.9 Å². The van der Waals surface area contributed by atoms with E-state index in [1.54, 1.807) is 30.3 Å². The highest BCUT2D eigenvalue weighted by atomic mass is 16.5. The van der Waals surface area contributed by atoms with Crippen molar-refractivity contribution >= 4 is 17.6 Å². The van der Waals surface area contributed by atoms with Crippen molar-refractivity contribution in [1.82, 2.24) is 5.32 Å². The number of carbonyl (C=O) groups is 2. The fraction of sp³-hybridized carbons (Fsp3) is 0.182. The number of esters is 1. The average Bonchev–Trinajstić information content (AvgIpc) is 2.99. The lowest BCUT2D eigenvalue weighted by Gasteiger charge is -2.23. The van der Waals surface area contributed by atoms with E-state index < -0.39 is 24.6 Å². The number of nitrogens with one attached hydrogen (secondary N) is 1. The van der Waals surface area contributed by atoms with Crippen LogP contribution in [0.1, 0.15) is 32.6 Å². The molecule has 0 aliphatic rings. The van der Waals surface area contributed by atoms with Crippen molar-refractivity contribution in [3.63, 3.8) is 0 Å². The van der Waals surface area contributed by atoms with Gasteiger partial charge in [0, 0.05) is 37.5 Å². The van der Waals surface area contributed by atoms with Crippen LogP contribution in [0.15, 0.2) is 91.0 Å². The molecule has 0 radical (unpaired) electrons. The first-order valence-corrected chi connectivity index (χ1v) is 13.1. The lowest BCUT2D eigenvalue weighted by atomic mass is 9.96. The highest BCUT2D eigenvalue weighted by molar-refractivity contribution is 5.91. The fourth-order valence-electron chi connectivity index (χ4n) is 4.49. The van der Waals surface area contributed by atoms with Crippen molar-refractivity contribution in [2.75, 3.05) is 18.6 Å². The molecule has 8 nitrogen and oxygen atoms in total.